The second-order valence-electron chi connectivity index (χ2n) is 7.20. The van der Waals surface area contributed by atoms with Crippen LogP contribution in [0.1, 0.15) is 26.3 Å². The summed E-state index contributed by atoms with van der Waals surface area (Å²) < 4.78 is 5.26. The number of hydrogen-bond acceptors (Lipinski definition) is 8. The summed E-state index contributed by atoms with van der Waals surface area (Å²) in [5, 5.41) is 20.7. The first-order valence-corrected chi connectivity index (χ1v) is 10.9. The maximum absolute atomic E-state index is 12.8. The zero-order chi connectivity index (χ0) is 20.6. The van der Waals surface area contributed by atoms with Crippen molar-refractivity contribution in [2.45, 2.75) is 49.0 Å². The SMILES string of the molecule is CCSC1SC2C(C(C)(C)O)C(=O)N2C1C(=O)OCc1ccc([N+](=O)[O-])cc1. The van der Waals surface area contributed by atoms with E-state index in [1.807, 2.05) is 6.92 Å². The van der Waals surface area contributed by atoms with Crippen LogP contribution < -0.4 is 0 Å². The van der Waals surface area contributed by atoms with Crippen molar-refractivity contribution >= 4 is 41.1 Å². The third-order valence-electron chi connectivity index (χ3n) is 4.77. The molecule has 28 heavy (non-hydrogen) atoms. The van der Waals surface area contributed by atoms with Crippen molar-refractivity contribution in [3.63, 3.8) is 0 Å². The second kappa shape index (κ2) is 7.92. The third kappa shape index (κ3) is 3.85. The number of carbonyl (C=O) groups is 2. The lowest BCUT2D eigenvalue weighted by molar-refractivity contribution is -0.384. The Balaban J connectivity index is 1.69. The highest BCUT2D eigenvalue weighted by Crippen LogP contribution is 2.53. The minimum Gasteiger partial charge on any atom is -0.459 e. The van der Waals surface area contributed by atoms with Gasteiger partial charge in [-0.3, -0.25) is 14.9 Å². The molecule has 1 N–H and O–H groups in total. The number of aliphatic hydroxyl groups is 1. The Morgan fingerprint density at radius 1 is 1.39 bits per heavy atom. The van der Waals surface area contributed by atoms with Gasteiger partial charge in [-0.15, -0.1) is 23.5 Å². The summed E-state index contributed by atoms with van der Waals surface area (Å²) in [6.07, 6.45) is 0. The Bertz CT molecular complexity index is 779. The summed E-state index contributed by atoms with van der Waals surface area (Å²) in [6.45, 7) is 5.17. The Hall–Kier alpha value is -1.78. The van der Waals surface area contributed by atoms with Crippen molar-refractivity contribution in [1.82, 2.24) is 4.90 Å². The van der Waals surface area contributed by atoms with Crippen LogP contribution in [-0.2, 0) is 20.9 Å². The van der Waals surface area contributed by atoms with Gasteiger partial charge in [-0.25, -0.2) is 4.79 Å². The molecule has 1 aromatic carbocycles. The van der Waals surface area contributed by atoms with Crippen LogP contribution in [0, 0.1) is 16.0 Å². The first-order valence-electron chi connectivity index (χ1n) is 8.86. The number of nitrogens with zero attached hydrogens (tertiary/aromatic N) is 2. The topological polar surface area (TPSA) is 110 Å². The predicted molar refractivity (Wildman–Crippen MR) is 107 cm³/mol. The zero-order valence-corrected chi connectivity index (χ0v) is 17.4. The van der Waals surface area contributed by atoms with E-state index in [2.05, 4.69) is 0 Å². The van der Waals surface area contributed by atoms with Crippen molar-refractivity contribution < 1.29 is 24.4 Å². The molecule has 0 saturated carbocycles. The molecular formula is C18H22N2O6S2. The van der Waals surface area contributed by atoms with Gasteiger partial charge >= 0.3 is 5.97 Å². The van der Waals surface area contributed by atoms with E-state index >= 15 is 0 Å². The zero-order valence-electron chi connectivity index (χ0n) is 15.7. The first kappa shape index (κ1) is 20.9. The van der Waals surface area contributed by atoms with Gasteiger partial charge in [-0.05, 0) is 37.3 Å². The fraction of sp³-hybridized carbons (Fsp3) is 0.556. The van der Waals surface area contributed by atoms with E-state index in [4.69, 9.17) is 4.74 Å². The van der Waals surface area contributed by atoms with Gasteiger partial charge in [-0.1, -0.05) is 6.92 Å². The third-order valence-corrected chi connectivity index (χ3v) is 7.74. The molecule has 0 aliphatic carbocycles. The van der Waals surface area contributed by atoms with E-state index < -0.39 is 28.5 Å². The molecular weight excluding hydrogens is 404 g/mol. The number of esters is 1. The number of benzene rings is 1. The van der Waals surface area contributed by atoms with E-state index in [-0.39, 0.29) is 28.2 Å². The standard InChI is InChI=1S/C18H22N2O6S2/c1-4-27-17-13(19-14(21)12(15(19)28-17)18(2,3)23)16(22)26-9-10-5-7-11(8-6-10)20(24)25/h5-8,12-13,15,17,23H,4,9H2,1-3H3. The van der Waals surface area contributed by atoms with Crippen LogP contribution in [0.5, 0.6) is 0 Å². The van der Waals surface area contributed by atoms with Gasteiger partial charge in [0.1, 0.15) is 6.61 Å². The summed E-state index contributed by atoms with van der Waals surface area (Å²) in [4.78, 5) is 37.1. The molecule has 1 aromatic rings. The van der Waals surface area contributed by atoms with Crippen molar-refractivity contribution in [3.8, 4) is 0 Å². The van der Waals surface area contributed by atoms with Gasteiger partial charge in [-0.2, -0.15) is 0 Å². The monoisotopic (exact) mass is 426 g/mol. The van der Waals surface area contributed by atoms with Gasteiger partial charge in [0.2, 0.25) is 5.91 Å². The Morgan fingerprint density at radius 2 is 2.04 bits per heavy atom. The highest BCUT2D eigenvalue weighted by atomic mass is 32.2. The number of ether oxygens (including phenoxy) is 1. The van der Waals surface area contributed by atoms with E-state index in [9.17, 15) is 24.8 Å². The van der Waals surface area contributed by atoms with Crippen LogP contribution in [0.15, 0.2) is 24.3 Å². The number of thioether (sulfide) groups is 2. The number of β-lactam (4-membered cyclic amide) rings is 1. The van der Waals surface area contributed by atoms with Crippen molar-refractivity contribution in [2.24, 2.45) is 5.92 Å². The van der Waals surface area contributed by atoms with Crippen LogP contribution >= 0.6 is 23.5 Å². The average Bonchev–Trinajstić information content (AvgIpc) is 2.93. The number of hydrogen-bond donors (Lipinski definition) is 1. The van der Waals surface area contributed by atoms with E-state index in [1.54, 1.807) is 25.6 Å². The van der Waals surface area contributed by atoms with E-state index in [0.717, 1.165) is 5.75 Å². The maximum atomic E-state index is 12.8. The van der Waals surface area contributed by atoms with Crippen LogP contribution in [0.2, 0.25) is 0 Å². The molecule has 4 atom stereocenters. The molecule has 10 heteroatoms. The van der Waals surface area contributed by atoms with Gasteiger partial charge in [0.25, 0.3) is 5.69 Å². The van der Waals surface area contributed by atoms with E-state index in [1.165, 1.54) is 40.9 Å². The van der Waals surface area contributed by atoms with Gasteiger partial charge in [0.15, 0.2) is 6.04 Å². The maximum Gasteiger partial charge on any atom is 0.331 e. The van der Waals surface area contributed by atoms with Gasteiger partial charge < -0.3 is 14.7 Å². The summed E-state index contributed by atoms with van der Waals surface area (Å²) in [6, 6.07) is 5.08. The molecule has 1 amide bonds. The molecule has 2 heterocycles. The quantitative estimate of drug-likeness (QED) is 0.306. The Labute approximate surface area is 171 Å². The summed E-state index contributed by atoms with van der Waals surface area (Å²) in [5.41, 5.74) is -0.553. The highest BCUT2D eigenvalue weighted by Gasteiger charge is 2.64. The molecule has 4 unspecified atom stereocenters. The van der Waals surface area contributed by atoms with Crippen molar-refractivity contribution in [2.75, 3.05) is 5.75 Å². The largest absolute Gasteiger partial charge is 0.459 e. The summed E-state index contributed by atoms with van der Waals surface area (Å²) >= 11 is 3.10. The molecule has 8 nitrogen and oxygen atoms in total. The number of nitro benzene ring substituents is 1. The second-order valence-corrected chi connectivity index (χ2v) is 10.2. The Kier molecular flexibility index (Phi) is 5.92. The molecule has 0 bridgehead atoms. The summed E-state index contributed by atoms with van der Waals surface area (Å²) in [5.74, 6) is -0.487. The molecule has 2 saturated heterocycles. The lowest BCUT2D eigenvalue weighted by atomic mass is 9.82. The van der Waals surface area contributed by atoms with Gasteiger partial charge in [0, 0.05) is 12.1 Å². The average molecular weight is 427 g/mol. The fourth-order valence-corrected chi connectivity index (χ4v) is 6.85. The van der Waals surface area contributed by atoms with Crippen LogP contribution in [0.4, 0.5) is 5.69 Å². The fourth-order valence-electron chi connectivity index (χ4n) is 3.39. The molecule has 0 spiro atoms. The lowest BCUT2D eigenvalue weighted by Gasteiger charge is -2.48. The number of rotatable bonds is 7. The molecule has 152 valence electrons. The highest BCUT2D eigenvalue weighted by molar-refractivity contribution is 8.17. The predicted octanol–water partition coefficient (Wildman–Crippen LogP) is 2.39. The van der Waals surface area contributed by atoms with Crippen LogP contribution in [0.25, 0.3) is 0 Å². The molecule has 0 aromatic heterocycles. The van der Waals surface area contributed by atoms with Gasteiger partial charge in [0.05, 0.1) is 26.4 Å². The first-order chi connectivity index (χ1) is 13.1. The molecule has 3 rings (SSSR count). The molecule has 2 fully saturated rings. The van der Waals surface area contributed by atoms with Crippen LogP contribution in [-0.4, -0.2) is 54.2 Å². The van der Waals surface area contributed by atoms with E-state index in [0.29, 0.717) is 5.56 Å². The lowest BCUT2D eigenvalue weighted by Crippen LogP contribution is -2.67. The Morgan fingerprint density at radius 3 is 2.57 bits per heavy atom. The number of carbonyl (C=O) groups excluding carboxylic acids is 2. The smallest absolute Gasteiger partial charge is 0.331 e. The number of fused-ring (bicyclic) bond motifs is 1. The minimum atomic E-state index is -1.15. The van der Waals surface area contributed by atoms with Crippen molar-refractivity contribution in [1.29, 1.82) is 0 Å². The van der Waals surface area contributed by atoms with Crippen molar-refractivity contribution in [3.05, 3.63) is 39.9 Å². The van der Waals surface area contributed by atoms with Crippen LogP contribution in [0.3, 0.4) is 0 Å². The number of non-ortho nitro benzene ring substituents is 1. The molecule has 2 aliphatic heterocycles. The number of nitro groups is 1. The minimum absolute atomic E-state index is 0.0247. The number of amides is 1. The molecule has 0 radical (unpaired) electrons. The normalized spacial score (nSPS) is 26.6. The molecule has 2 aliphatic rings. The summed E-state index contributed by atoms with van der Waals surface area (Å²) in [7, 11) is 0.